The SMILES string of the molecule is C=C(OCC)N(C)CCCN(Cc1cccc(C(=O)Nc2sc3c(c2C(=O)Nc2ccc(CCc4ccc(C(=O)OC)cc4)cc2)CCCC3)c1)C(CC)CC. The molecule has 0 spiro atoms. The van der Waals surface area contributed by atoms with Crippen LogP contribution in [0.3, 0.4) is 0 Å². The van der Waals surface area contributed by atoms with Gasteiger partial charge < -0.3 is 25.0 Å². The topological polar surface area (TPSA) is 100 Å². The number of esters is 1. The summed E-state index contributed by atoms with van der Waals surface area (Å²) in [5.74, 6) is -0.0717. The van der Waals surface area contributed by atoms with Crippen molar-refractivity contribution in [2.24, 2.45) is 0 Å². The number of aryl methyl sites for hydroxylation is 3. The highest BCUT2D eigenvalue weighted by molar-refractivity contribution is 7.17. The maximum absolute atomic E-state index is 14.0. The molecule has 2 amide bonds. The van der Waals surface area contributed by atoms with Crippen LogP contribution in [-0.2, 0) is 41.7 Å². The Labute approximate surface area is 337 Å². The third kappa shape index (κ3) is 11.3. The highest BCUT2D eigenvalue weighted by Gasteiger charge is 2.27. The number of nitrogens with zero attached hydrogens (tertiary/aromatic N) is 2. The first kappa shape index (κ1) is 42.2. The minimum atomic E-state index is -0.344. The number of fused-ring (bicyclic) bond motifs is 1. The summed E-state index contributed by atoms with van der Waals surface area (Å²) in [6.45, 7) is 13.6. The van der Waals surface area contributed by atoms with Crippen LogP contribution in [0.5, 0.6) is 0 Å². The summed E-state index contributed by atoms with van der Waals surface area (Å²) >= 11 is 1.53. The Morgan fingerprint density at radius 3 is 2.16 bits per heavy atom. The number of carbonyl (C=O) groups is 3. The fraction of sp³-hybridized carbons (Fsp3) is 0.413. The number of hydrogen-bond donors (Lipinski definition) is 2. The molecule has 2 N–H and O–H groups in total. The van der Waals surface area contributed by atoms with Gasteiger partial charge in [-0.15, -0.1) is 11.3 Å². The molecule has 0 radical (unpaired) electrons. The second-order valence-corrected chi connectivity index (χ2v) is 15.6. The fourth-order valence-electron chi connectivity index (χ4n) is 7.39. The maximum Gasteiger partial charge on any atom is 0.337 e. The molecular formula is C46H58N4O5S. The van der Waals surface area contributed by atoms with Crippen molar-refractivity contribution in [3.8, 4) is 0 Å². The smallest absolute Gasteiger partial charge is 0.337 e. The minimum absolute atomic E-state index is 0.205. The van der Waals surface area contributed by atoms with Crippen LogP contribution < -0.4 is 10.6 Å². The van der Waals surface area contributed by atoms with Crippen LogP contribution in [0.15, 0.2) is 85.3 Å². The number of nitrogens with one attached hydrogen (secondary N) is 2. The third-order valence-electron chi connectivity index (χ3n) is 10.6. The molecule has 0 saturated heterocycles. The summed E-state index contributed by atoms with van der Waals surface area (Å²) in [7, 11) is 3.39. The van der Waals surface area contributed by atoms with Crippen LogP contribution in [0.2, 0.25) is 0 Å². The molecule has 1 aliphatic rings. The van der Waals surface area contributed by atoms with Crippen LogP contribution >= 0.6 is 11.3 Å². The van der Waals surface area contributed by atoms with Crippen LogP contribution in [0, 0.1) is 0 Å². The average molecular weight is 779 g/mol. The number of amides is 2. The van der Waals surface area contributed by atoms with Crippen LogP contribution in [-0.4, -0.2) is 67.5 Å². The second-order valence-electron chi connectivity index (χ2n) is 14.5. The minimum Gasteiger partial charge on any atom is -0.480 e. The molecule has 1 heterocycles. The lowest BCUT2D eigenvalue weighted by Gasteiger charge is -2.31. The van der Waals surface area contributed by atoms with E-state index in [-0.39, 0.29) is 17.8 Å². The summed E-state index contributed by atoms with van der Waals surface area (Å²) in [6, 6.07) is 23.7. The van der Waals surface area contributed by atoms with Gasteiger partial charge in [-0.05, 0) is 130 Å². The number of hydrogen-bond acceptors (Lipinski definition) is 8. The van der Waals surface area contributed by atoms with Crippen LogP contribution in [0.1, 0.15) is 111 Å². The fourth-order valence-corrected chi connectivity index (χ4v) is 8.67. The maximum atomic E-state index is 14.0. The van der Waals surface area contributed by atoms with Crippen molar-refractivity contribution in [3.63, 3.8) is 0 Å². The van der Waals surface area contributed by atoms with Gasteiger partial charge in [0.05, 0.1) is 24.8 Å². The highest BCUT2D eigenvalue weighted by Crippen LogP contribution is 2.39. The Kier molecular flexibility index (Phi) is 15.7. The zero-order valence-corrected chi connectivity index (χ0v) is 34.6. The molecule has 1 aliphatic carbocycles. The number of benzene rings is 3. The summed E-state index contributed by atoms with van der Waals surface area (Å²) in [5, 5.41) is 6.87. The van der Waals surface area contributed by atoms with E-state index < -0.39 is 0 Å². The van der Waals surface area contributed by atoms with E-state index in [0.29, 0.717) is 45.9 Å². The molecule has 0 unspecified atom stereocenters. The van der Waals surface area contributed by atoms with Gasteiger partial charge in [-0.3, -0.25) is 14.5 Å². The zero-order valence-electron chi connectivity index (χ0n) is 33.7. The number of rotatable bonds is 20. The number of anilines is 2. The Balaban J connectivity index is 1.24. The second kappa shape index (κ2) is 20.8. The normalized spacial score (nSPS) is 12.3. The number of methoxy groups -OCH3 is 1. The molecule has 1 aromatic heterocycles. The molecule has 3 aromatic carbocycles. The first-order valence-electron chi connectivity index (χ1n) is 20.0. The molecule has 56 heavy (non-hydrogen) atoms. The van der Waals surface area contributed by atoms with E-state index in [9.17, 15) is 14.4 Å². The van der Waals surface area contributed by atoms with Gasteiger partial charge >= 0.3 is 5.97 Å². The van der Waals surface area contributed by atoms with Crippen molar-refractivity contribution >= 4 is 39.8 Å². The predicted octanol–water partition coefficient (Wildman–Crippen LogP) is 9.52. The molecule has 5 rings (SSSR count). The number of carbonyl (C=O) groups excluding carboxylic acids is 3. The molecule has 0 bridgehead atoms. The summed E-state index contributed by atoms with van der Waals surface area (Å²) < 4.78 is 10.4. The van der Waals surface area contributed by atoms with Crippen molar-refractivity contribution in [1.29, 1.82) is 0 Å². The summed E-state index contributed by atoms with van der Waals surface area (Å²) in [6.07, 6.45) is 8.52. The van der Waals surface area contributed by atoms with Gasteiger partial charge in [0, 0.05) is 48.9 Å². The van der Waals surface area contributed by atoms with Crippen molar-refractivity contribution in [1.82, 2.24) is 9.80 Å². The quantitative estimate of drug-likeness (QED) is 0.0681. The molecule has 298 valence electrons. The van der Waals surface area contributed by atoms with Crippen LogP contribution in [0.25, 0.3) is 0 Å². The first-order chi connectivity index (χ1) is 27.1. The Bertz CT molecular complexity index is 1930. The van der Waals surface area contributed by atoms with E-state index in [1.165, 1.54) is 23.3 Å². The molecular weight excluding hydrogens is 721 g/mol. The van der Waals surface area contributed by atoms with Crippen molar-refractivity contribution in [2.45, 2.75) is 91.1 Å². The molecule has 4 aromatic rings. The lowest BCUT2D eigenvalue weighted by Crippen LogP contribution is -2.36. The van der Waals surface area contributed by atoms with Gasteiger partial charge in [-0.25, -0.2) is 4.79 Å². The van der Waals surface area contributed by atoms with Gasteiger partial charge in [0.1, 0.15) is 5.00 Å². The highest BCUT2D eigenvalue weighted by atomic mass is 32.1. The lowest BCUT2D eigenvalue weighted by molar-refractivity contribution is 0.0600. The van der Waals surface area contributed by atoms with Crippen LogP contribution in [0.4, 0.5) is 10.7 Å². The van der Waals surface area contributed by atoms with E-state index in [4.69, 9.17) is 9.47 Å². The van der Waals surface area contributed by atoms with Crippen molar-refractivity contribution < 1.29 is 23.9 Å². The van der Waals surface area contributed by atoms with E-state index in [2.05, 4.69) is 46.9 Å². The average Bonchev–Trinajstić information content (AvgIpc) is 3.58. The first-order valence-corrected chi connectivity index (χ1v) is 20.8. The molecule has 0 atom stereocenters. The van der Waals surface area contributed by atoms with Gasteiger partial charge in [-0.2, -0.15) is 0 Å². The van der Waals surface area contributed by atoms with E-state index in [1.807, 2.05) is 68.6 Å². The lowest BCUT2D eigenvalue weighted by atomic mass is 9.95. The molecule has 0 saturated carbocycles. The van der Waals surface area contributed by atoms with E-state index >= 15 is 0 Å². The largest absolute Gasteiger partial charge is 0.480 e. The Morgan fingerprint density at radius 1 is 0.821 bits per heavy atom. The Hall–Kier alpha value is -4.93. The number of thiophene rings is 1. The standard InChI is InChI=1S/C46H58N4O5S/c1-7-39(8-2)50(29-13-28-49(5)32(4)55-9-3)31-35-14-12-15-37(30-35)43(51)48-45-42(40-16-10-11-17-41(40)56-45)44(52)47-38-26-22-34(23-27-38)19-18-33-20-24-36(25-21-33)46(53)54-6/h12,14-15,20-27,30,39H,4,7-11,13,16-19,28-29,31H2,1-3,5-6H3,(H,47,52)(H,48,51). The third-order valence-corrected chi connectivity index (χ3v) is 11.8. The molecule has 10 heteroatoms. The van der Waals surface area contributed by atoms with Gasteiger partial charge in [0.2, 0.25) is 0 Å². The van der Waals surface area contributed by atoms with E-state index in [0.717, 1.165) is 99.7 Å². The summed E-state index contributed by atoms with van der Waals surface area (Å²) in [5.41, 5.74) is 6.79. The van der Waals surface area contributed by atoms with E-state index in [1.54, 1.807) is 12.1 Å². The van der Waals surface area contributed by atoms with Gasteiger partial charge in [-0.1, -0.05) is 50.2 Å². The summed E-state index contributed by atoms with van der Waals surface area (Å²) in [4.78, 5) is 45.3. The predicted molar refractivity (Wildman–Crippen MR) is 228 cm³/mol. The molecule has 0 fully saturated rings. The van der Waals surface area contributed by atoms with Gasteiger partial charge in [0.25, 0.3) is 11.8 Å². The Morgan fingerprint density at radius 2 is 1.50 bits per heavy atom. The zero-order chi connectivity index (χ0) is 40.0. The van der Waals surface area contributed by atoms with Gasteiger partial charge in [0.15, 0.2) is 5.88 Å². The monoisotopic (exact) mass is 778 g/mol. The van der Waals surface area contributed by atoms with Crippen molar-refractivity contribution in [3.05, 3.63) is 129 Å². The number of ether oxygens (including phenoxy) is 2. The molecule has 9 nitrogen and oxygen atoms in total. The molecule has 0 aliphatic heterocycles. The van der Waals surface area contributed by atoms with Crippen molar-refractivity contribution in [2.75, 3.05) is 44.5 Å².